The predicted molar refractivity (Wildman–Crippen MR) is 112 cm³/mol. The molecule has 1 aliphatic heterocycles. The van der Waals surface area contributed by atoms with E-state index in [4.69, 9.17) is 14.2 Å². The highest BCUT2D eigenvalue weighted by Gasteiger charge is 2.17. The van der Waals surface area contributed by atoms with Crippen molar-refractivity contribution in [2.24, 2.45) is 0 Å². The second kappa shape index (κ2) is 10.6. The lowest BCUT2D eigenvalue weighted by molar-refractivity contribution is -0.139. The fourth-order valence-corrected chi connectivity index (χ4v) is 3.97. The van der Waals surface area contributed by atoms with E-state index < -0.39 is 5.97 Å². The number of fused-ring (bicyclic) bond motifs is 1. The van der Waals surface area contributed by atoms with Crippen LogP contribution in [0.3, 0.4) is 0 Å². The van der Waals surface area contributed by atoms with Gasteiger partial charge in [-0.3, -0.25) is 19.1 Å². The molecule has 30 heavy (non-hydrogen) atoms. The summed E-state index contributed by atoms with van der Waals surface area (Å²) < 4.78 is 16.7. The fourth-order valence-electron chi connectivity index (χ4n) is 3.15. The molecular weight excluding hydrogens is 410 g/mol. The third kappa shape index (κ3) is 5.38. The molecular formula is C20H25N3O6S. The molecule has 0 N–H and O–H groups in total. The summed E-state index contributed by atoms with van der Waals surface area (Å²) in [6, 6.07) is 4.67. The number of morpholine rings is 1. The van der Waals surface area contributed by atoms with E-state index in [-0.39, 0.29) is 23.9 Å². The van der Waals surface area contributed by atoms with Gasteiger partial charge < -0.3 is 14.2 Å². The number of rotatable bonds is 8. The Bertz CT molecular complexity index is 971. The molecule has 2 aromatic rings. The van der Waals surface area contributed by atoms with Crippen LogP contribution < -0.4 is 5.56 Å². The number of ether oxygens (including phenoxy) is 3. The molecule has 0 amide bonds. The standard InChI is InChI=1S/C20H25N3O6S/c1-3-29-17(24)13-30-20-21-16-12-14(19(26)27-2)4-5-15(16)18(25)23(20)7-6-22-8-10-28-11-9-22/h4-5,12H,3,6-11,13H2,1-2H3. The fraction of sp³-hybridized carbons (Fsp3) is 0.500. The van der Waals surface area contributed by atoms with E-state index >= 15 is 0 Å². The van der Waals surface area contributed by atoms with Crippen molar-refractivity contribution in [2.45, 2.75) is 18.6 Å². The Morgan fingerprint density at radius 1 is 1.23 bits per heavy atom. The number of hydrogen-bond acceptors (Lipinski definition) is 9. The van der Waals surface area contributed by atoms with Crippen LogP contribution in [-0.4, -0.2) is 78.7 Å². The van der Waals surface area contributed by atoms with E-state index in [0.29, 0.717) is 47.9 Å². The van der Waals surface area contributed by atoms with Crippen molar-refractivity contribution in [1.29, 1.82) is 0 Å². The molecule has 0 radical (unpaired) electrons. The van der Waals surface area contributed by atoms with Gasteiger partial charge in [0.25, 0.3) is 5.56 Å². The molecule has 0 saturated carbocycles. The molecule has 9 nitrogen and oxygen atoms in total. The second-order valence-corrected chi connectivity index (χ2v) is 7.56. The number of nitrogens with zero attached hydrogens (tertiary/aromatic N) is 3. The van der Waals surface area contributed by atoms with Crippen molar-refractivity contribution in [3.05, 3.63) is 34.1 Å². The van der Waals surface area contributed by atoms with Gasteiger partial charge in [-0.2, -0.15) is 0 Å². The number of aromatic nitrogens is 2. The van der Waals surface area contributed by atoms with Gasteiger partial charge in [-0.1, -0.05) is 11.8 Å². The number of benzene rings is 1. The van der Waals surface area contributed by atoms with Crippen molar-refractivity contribution in [3.8, 4) is 0 Å². The van der Waals surface area contributed by atoms with Crippen molar-refractivity contribution in [3.63, 3.8) is 0 Å². The number of esters is 2. The highest BCUT2D eigenvalue weighted by Crippen LogP contribution is 2.19. The molecule has 1 saturated heterocycles. The molecule has 2 heterocycles. The van der Waals surface area contributed by atoms with Crippen LogP contribution in [0.15, 0.2) is 28.2 Å². The molecule has 3 rings (SSSR count). The quantitative estimate of drug-likeness (QED) is 0.344. The van der Waals surface area contributed by atoms with Crippen LogP contribution in [0, 0.1) is 0 Å². The van der Waals surface area contributed by atoms with E-state index in [9.17, 15) is 14.4 Å². The summed E-state index contributed by atoms with van der Waals surface area (Å²) in [6.45, 7) is 6.10. The predicted octanol–water partition coefficient (Wildman–Crippen LogP) is 1.17. The SMILES string of the molecule is CCOC(=O)CSc1nc2cc(C(=O)OC)ccc2c(=O)n1CCN1CCOCC1. The number of carbonyl (C=O) groups excluding carboxylic acids is 2. The number of methoxy groups -OCH3 is 1. The summed E-state index contributed by atoms with van der Waals surface area (Å²) in [5.74, 6) is -0.837. The molecule has 10 heteroatoms. The van der Waals surface area contributed by atoms with Gasteiger partial charge >= 0.3 is 11.9 Å². The maximum Gasteiger partial charge on any atom is 0.337 e. The highest BCUT2D eigenvalue weighted by atomic mass is 32.2. The van der Waals surface area contributed by atoms with E-state index in [1.807, 2.05) is 0 Å². The van der Waals surface area contributed by atoms with Gasteiger partial charge in [-0.15, -0.1) is 0 Å². The first-order valence-corrected chi connectivity index (χ1v) is 10.7. The minimum absolute atomic E-state index is 0.0417. The average Bonchev–Trinajstić information content (AvgIpc) is 2.77. The molecule has 0 spiro atoms. The number of carbonyl (C=O) groups is 2. The topological polar surface area (TPSA) is 100.0 Å². The van der Waals surface area contributed by atoms with Gasteiger partial charge in [0.05, 0.1) is 49.1 Å². The second-order valence-electron chi connectivity index (χ2n) is 6.62. The number of hydrogen-bond donors (Lipinski definition) is 0. The van der Waals surface area contributed by atoms with Crippen LogP contribution in [0.1, 0.15) is 17.3 Å². The first-order valence-electron chi connectivity index (χ1n) is 9.75. The molecule has 0 atom stereocenters. The lowest BCUT2D eigenvalue weighted by atomic mass is 10.1. The third-order valence-electron chi connectivity index (χ3n) is 4.71. The monoisotopic (exact) mass is 435 g/mol. The van der Waals surface area contributed by atoms with Gasteiger partial charge in [0.1, 0.15) is 0 Å². The number of thioether (sulfide) groups is 1. The molecule has 1 aromatic heterocycles. The molecule has 0 bridgehead atoms. The van der Waals surface area contributed by atoms with E-state index in [1.165, 1.54) is 13.2 Å². The summed E-state index contributed by atoms with van der Waals surface area (Å²) in [5.41, 5.74) is 0.484. The van der Waals surface area contributed by atoms with Crippen molar-refractivity contribution >= 4 is 34.6 Å². The van der Waals surface area contributed by atoms with Crippen LogP contribution in [0.25, 0.3) is 10.9 Å². The molecule has 1 aromatic carbocycles. The summed E-state index contributed by atoms with van der Waals surface area (Å²) in [4.78, 5) is 43.6. The summed E-state index contributed by atoms with van der Waals surface area (Å²) >= 11 is 1.15. The Hall–Kier alpha value is -2.43. The Morgan fingerprint density at radius 3 is 2.70 bits per heavy atom. The molecule has 162 valence electrons. The zero-order valence-electron chi connectivity index (χ0n) is 17.1. The van der Waals surface area contributed by atoms with Gasteiger partial charge in [0.2, 0.25) is 0 Å². The first kappa shape index (κ1) is 22.3. The highest BCUT2D eigenvalue weighted by molar-refractivity contribution is 7.99. The summed E-state index contributed by atoms with van der Waals surface area (Å²) in [6.07, 6.45) is 0. The lowest BCUT2D eigenvalue weighted by Crippen LogP contribution is -2.39. The van der Waals surface area contributed by atoms with Crippen molar-refractivity contribution in [1.82, 2.24) is 14.5 Å². The molecule has 1 aliphatic rings. The van der Waals surface area contributed by atoms with Crippen LogP contribution in [0.4, 0.5) is 0 Å². The zero-order chi connectivity index (χ0) is 21.5. The Morgan fingerprint density at radius 2 is 2.00 bits per heavy atom. The minimum atomic E-state index is -0.504. The Labute approximate surface area is 178 Å². The van der Waals surface area contributed by atoms with E-state index in [0.717, 1.165) is 24.9 Å². The van der Waals surface area contributed by atoms with E-state index in [2.05, 4.69) is 9.88 Å². The van der Waals surface area contributed by atoms with Crippen LogP contribution >= 0.6 is 11.8 Å². The third-order valence-corrected chi connectivity index (χ3v) is 5.66. The maximum absolute atomic E-state index is 13.2. The van der Waals surface area contributed by atoms with Gasteiger partial charge in [0, 0.05) is 26.2 Å². The maximum atomic E-state index is 13.2. The Kier molecular flexibility index (Phi) is 7.83. The van der Waals surface area contributed by atoms with Gasteiger partial charge in [0.15, 0.2) is 5.16 Å². The largest absolute Gasteiger partial charge is 0.465 e. The van der Waals surface area contributed by atoms with Crippen LogP contribution in [-0.2, 0) is 25.5 Å². The molecule has 1 fully saturated rings. The normalized spacial score (nSPS) is 14.6. The van der Waals surface area contributed by atoms with E-state index in [1.54, 1.807) is 23.6 Å². The molecule has 0 unspecified atom stereocenters. The zero-order valence-corrected chi connectivity index (χ0v) is 17.9. The van der Waals surface area contributed by atoms with Gasteiger partial charge in [-0.25, -0.2) is 9.78 Å². The molecule has 0 aliphatic carbocycles. The average molecular weight is 436 g/mol. The van der Waals surface area contributed by atoms with Crippen LogP contribution in [0.2, 0.25) is 0 Å². The van der Waals surface area contributed by atoms with Gasteiger partial charge in [-0.05, 0) is 25.1 Å². The van der Waals surface area contributed by atoms with Crippen molar-refractivity contribution < 1.29 is 23.8 Å². The van der Waals surface area contributed by atoms with Crippen molar-refractivity contribution in [2.75, 3.05) is 52.3 Å². The summed E-state index contributed by atoms with van der Waals surface area (Å²) in [7, 11) is 1.30. The lowest BCUT2D eigenvalue weighted by Gasteiger charge is -2.27. The Balaban J connectivity index is 1.93. The minimum Gasteiger partial charge on any atom is -0.465 e. The first-order chi connectivity index (χ1) is 14.5. The van der Waals surface area contributed by atoms with Crippen LogP contribution in [0.5, 0.6) is 0 Å². The summed E-state index contributed by atoms with van der Waals surface area (Å²) in [5, 5.41) is 0.820. The smallest absolute Gasteiger partial charge is 0.337 e.